The van der Waals surface area contributed by atoms with Crippen LogP contribution in [0.3, 0.4) is 0 Å². The van der Waals surface area contributed by atoms with Gasteiger partial charge in [0.2, 0.25) is 0 Å². The molecule has 0 spiro atoms. The molecule has 4 aromatic heterocycles. The summed E-state index contributed by atoms with van der Waals surface area (Å²) in [4.78, 5) is 21.5. The first kappa shape index (κ1) is 44.0. The molecule has 8 rings (SSSR count). The number of hydrogen-bond donors (Lipinski definition) is 1. The van der Waals surface area contributed by atoms with Gasteiger partial charge in [-0.1, -0.05) is 24.3 Å². The third-order valence-electron chi connectivity index (χ3n) is 9.23. The Bertz CT molecular complexity index is 2490. The number of aromatic nitrogens is 6. The number of hydrogen-bond acceptors (Lipinski definition) is 15. The summed E-state index contributed by atoms with van der Waals surface area (Å²) in [6, 6.07) is 16.2. The molecule has 21 heteroatoms. The van der Waals surface area contributed by atoms with Crippen LogP contribution >= 0.6 is 33.4 Å². The Kier molecular flexibility index (Phi) is 15.0. The smallest absolute Gasteiger partial charge is 0.280 e. The maximum Gasteiger partial charge on any atom is 0.280 e. The molecule has 6 heterocycles. The van der Waals surface area contributed by atoms with Crippen LogP contribution in [0.15, 0.2) is 94.4 Å². The molecule has 1 N–H and O–H groups in total. The SMILES string of the molecule is COc1cccc(Cc2csc(N3CCN(S(=O)(=O)c4cn(C)cn4)CC3)n2)c1.COc1cccc(Cc2csc(N3CCNCC3)n2)c1.Cn1cnc(S(=O)(=O)Cl)c1. The molecule has 0 aliphatic carbocycles. The minimum Gasteiger partial charge on any atom is -0.497 e. The van der Waals surface area contributed by atoms with Crippen molar-refractivity contribution >= 4 is 62.7 Å². The highest BCUT2D eigenvalue weighted by Crippen LogP contribution is 2.26. The van der Waals surface area contributed by atoms with Crippen LogP contribution in [0.2, 0.25) is 0 Å². The van der Waals surface area contributed by atoms with Crippen molar-refractivity contribution in [3.63, 3.8) is 0 Å². The van der Waals surface area contributed by atoms with Gasteiger partial charge in [0.05, 0.1) is 38.3 Å². The van der Waals surface area contributed by atoms with Crippen LogP contribution in [0, 0.1) is 0 Å². The number of ether oxygens (including phenoxy) is 2. The Labute approximate surface area is 357 Å². The van der Waals surface area contributed by atoms with Crippen LogP contribution in [0.5, 0.6) is 11.5 Å². The second-order valence-electron chi connectivity index (χ2n) is 13.6. The van der Waals surface area contributed by atoms with Crippen molar-refractivity contribution in [2.45, 2.75) is 22.9 Å². The zero-order valence-corrected chi connectivity index (χ0v) is 37.2. The van der Waals surface area contributed by atoms with Crippen molar-refractivity contribution in [2.75, 3.05) is 76.4 Å². The number of benzene rings is 2. The Morgan fingerprint density at radius 2 is 1.17 bits per heavy atom. The van der Waals surface area contributed by atoms with Gasteiger partial charge in [-0.05, 0) is 35.4 Å². The predicted molar refractivity (Wildman–Crippen MR) is 231 cm³/mol. The number of nitrogens with zero attached hydrogens (tertiary/aromatic N) is 9. The van der Waals surface area contributed by atoms with Gasteiger partial charge >= 0.3 is 0 Å². The summed E-state index contributed by atoms with van der Waals surface area (Å²) in [5, 5.41) is 9.65. The number of piperazine rings is 2. The standard InChI is InChI=1S/C19H23N5O3S2.C15H19N3OS.C4H5ClN2O2S/c1-22-12-18(20-14-22)29(25,26)24-8-6-23(7-9-24)19-21-16(13-28-19)10-15-4-3-5-17(11-15)27-2;1-19-14-4-2-3-12(10-14)9-13-11-20-15(17-13)18-7-5-16-6-8-18;1-7-2-4(6-3-7)10(5,8)9/h3-5,11-14H,6-10H2,1-2H3;2-4,10-11,16H,5-9H2,1H3;2-3H,1H3. The van der Waals surface area contributed by atoms with Gasteiger partial charge in [0.25, 0.3) is 19.1 Å². The summed E-state index contributed by atoms with van der Waals surface area (Å²) in [7, 11) is 4.57. The first-order valence-corrected chi connectivity index (χ1v) is 24.1. The Morgan fingerprint density at radius 1 is 0.695 bits per heavy atom. The average molecular weight is 904 g/mol. The third kappa shape index (κ3) is 12.2. The molecule has 0 amide bonds. The summed E-state index contributed by atoms with van der Waals surface area (Å²) in [5.41, 5.74) is 4.52. The molecule has 316 valence electrons. The monoisotopic (exact) mass is 902 g/mol. The number of halogens is 1. The number of nitrogens with one attached hydrogen (secondary N) is 1. The van der Waals surface area contributed by atoms with E-state index in [1.54, 1.807) is 55.6 Å². The molecule has 0 unspecified atom stereocenters. The van der Waals surface area contributed by atoms with Gasteiger partial charge in [-0.25, -0.2) is 36.8 Å². The van der Waals surface area contributed by atoms with E-state index < -0.39 is 19.1 Å². The quantitative estimate of drug-likeness (QED) is 0.181. The highest BCUT2D eigenvalue weighted by Gasteiger charge is 2.31. The summed E-state index contributed by atoms with van der Waals surface area (Å²) < 4.78 is 61.7. The van der Waals surface area contributed by atoms with Crippen LogP contribution in [-0.2, 0) is 46.0 Å². The maximum absolute atomic E-state index is 12.7. The highest BCUT2D eigenvalue weighted by atomic mass is 35.7. The number of methoxy groups -OCH3 is 2. The average Bonchev–Trinajstić information content (AvgIpc) is 4.08. The minimum atomic E-state index is -3.64. The first-order chi connectivity index (χ1) is 28.3. The zero-order chi connectivity index (χ0) is 42.0. The topological polar surface area (TPSA) is 170 Å². The summed E-state index contributed by atoms with van der Waals surface area (Å²) in [6.45, 7) is 6.25. The zero-order valence-electron chi connectivity index (χ0n) is 33.1. The van der Waals surface area contributed by atoms with Crippen LogP contribution < -0.4 is 24.6 Å². The van der Waals surface area contributed by atoms with Gasteiger partial charge in [0.1, 0.15) is 11.5 Å². The van der Waals surface area contributed by atoms with Crippen LogP contribution in [0.25, 0.3) is 0 Å². The van der Waals surface area contributed by atoms with Gasteiger partial charge in [0, 0.05) is 113 Å². The van der Waals surface area contributed by atoms with Crippen molar-refractivity contribution in [2.24, 2.45) is 14.1 Å². The van der Waals surface area contributed by atoms with E-state index in [1.807, 2.05) is 30.3 Å². The van der Waals surface area contributed by atoms with E-state index in [0.29, 0.717) is 26.2 Å². The molecule has 2 saturated heterocycles. The van der Waals surface area contributed by atoms with Gasteiger partial charge in [-0.15, -0.1) is 22.7 Å². The van der Waals surface area contributed by atoms with E-state index in [4.69, 9.17) is 30.1 Å². The second-order valence-corrected chi connectivity index (χ2v) is 19.7. The Hall–Kier alpha value is -4.57. The van der Waals surface area contributed by atoms with E-state index in [2.05, 4.69) is 54.0 Å². The number of anilines is 2. The van der Waals surface area contributed by atoms with E-state index >= 15 is 0 Å². The first-order valence-electron chi connectivity index (χ1n) is 18.6. The van der Waals surface area contributed by atoms with Crippen molar-refractivity contribution in [1.29, 1.82) is 0 Å². The van der Waals surface area contributed by atoms with E-state index in [-0.39, 0.29) is 10.1 Å². The van der Waals surface area contributed by atoms with Crippen LogP contribution in [0.1, 0.15) is 22.5 Å². The number of thiazole rings is 2. The lowest BCUT2D eigenvalue weighted by Crippen LogP contribution is -2.48. The number of aryl methyl sites for hydroxylation is 2. The highest BCUT2D eigenvalue weighted by molar-refractivity contribution is 8.13. The van der Waals surface area contributed by atoms with Gasteiger partial charge < -0.3 is 33.7 Å². The number of sulfonamides is 1. The third-order valence-corrected chi connectivity index (χ3v) is 14.1. The molecule has 0 radical (unpaired) electrons. The molecule has 16 nitrogen and oxygen atoms in total. The molecular formula is C38H47ClN10O6S4. The van der Waals surface area contributed by atoms with Gasteiger partial charge in [-0.3, -0.25) is 0 Å². The van der Waals surface area contributed by atoms with Gasteiger partial charge in [-0.2, -0.15) is 4.31 Å². The number of imidazole rings is 2. The van der Waals surface area contributed by atoms with Crippen molar-refractivity contribution in [1.82, 2.24) is 38.7 Å². The number of rotatable bonds is 11. The molecule has 59 heavy (non-hydrogen) atoms. The fraction of sp³-hybridized carbons (Fsp3) is 0.368. The molecule has 2 fully saturated rings. The van der Waals surface area contributed by atoms with Crippen LogP contribution in [0.4, 0.5) is 10.3 Å². The fourth-order valence-corrected chi connectivity index (χ4v) is 10.0. The molecule has 0 atom stereocenters. The Morgan fingerprint density at radius 3 is 1.59 bits per heavy atom. The Balaban J connectivity index is 0.000000168. The normalized spacial score (nSPS) is 14.9. The van der Waals surface area contributed by atoms with Crippen molar-refractivity contribution in [3.8, 4) is 11.5 Å². The lowest BCUT2D eigenvalue weighted by Gasteiger charge is -2.33. The largest absolute Gasteiger partial charge is 0.497 e. The molecule has 6 aromatic rings. The van der Waals surface area contributed by atoms with Crippen molar-refractivity contribution in [3.05, 3.63) is 107 Å². The molecule has 2 aliphatic heterocycles. The molecular weight excluding hydrogens is 856 g/mol. The molecule has 0 bridgehead atoms. The van der Waals surface area contributed by atoms with Gasteiger partial charge in [0.15, 0.2) is 20.3 Å². The minimum absolute atomic E-state index is 0.100. The molecule has 0 saturated carbocycles. The second kappa shape index (κ2) is 20.1. The molecule has 2 aromatic carbocycles. The lowest BCUT2D eigenvalue weighted by molar-refractivity contribution is 0.383. The summed E-state index contributed by atoms with van der Waals surface area (Å²) in [6.07, 6.45) is 7.34. The van der Waals surface area contributed by atoms with Crippen LogP contribution in [-0.4, -0.2) is 117 Å². The van der Waals surface area contributed by atoms with E-state index in [0.717, 1.165) is 77.7 Å². The summed E-state index contributed by atoms with van der Waals surface area (Å²) in [5.74, 6) is 1.74. The lowest BCUT2D eigenvalue weighted by atomic mass is 10.1. The van der Waals surface area contributed by atoms with E-state index in [1.165, 1.54) is 39.5 Å². The van der Waals surface area contributed by atoms with E-state index in [9.17, 15) is 16.8 Å². The predicted octanol–water partition coefficient (Wildman–Crippen LogP) is 4.49. The fourth-order valence-electron chi connectivity index (χ4n) is 6.17. The molecule has 2 aliphatic rings. The van der Waals surface area contributed by atoms with Crippen molar-refractivity contribution < 1.29 is 26.3 Å². The maximum atomic E-state index is 12.7. The summed E-state index contributed by atoms with van der Waals surface area (Å²) >= 11 is 3.33.